The van der Waals surface area contributed by atoms with Crippen LogP contribution in [0.4, 0.5) is 10.5 Å². The van der Waals surface area contributed by atoms with Crippen molar-refractivity contribution in [3.63, 3.8) is 0 Å². The van der Waals surface area contributed by atoms with Gasteiger partial charge in [-0.25, -0.2) is 14.4 Å². The van der Waals surface area contributed by atoms with Crippen LogP contribution in [0.1, 0.15) is 42.7 Å². The maximum Gasteiger partial charge on any atom is 0.343 e. The van der Waals surface area contributed by atoms with Gasteiger partial charge in [0.1, 0.15) is 0 Å². The third-order valence-electron chi connectivity index (χ3n) is 5.05. The van der Waals surface area contributed by atoms with Gasteiger partial charge in [-0.2, -0.15) is 0 Å². The first-order valence-electron chi connectivity index (χ1n) is 10.7. The number of methoxy groups -OCH3 is 1. The number of rotatable bonds is 8. The van der Waals surface area contributed by atoms with Crippen molar-refractivity contribution in [2.24, 2.45) is 5.92 Å². The molecule has 35 heavy (non-hydrogen) atoms. The fourth-order valence-corrected chi connectivity index (χ4v) is 3.39. The van der Waals surface area contributed by atoms with Gasteiger partial charge in [-0.05, 0) is 36.6 Å². The van der Waals surface area contributed by atoms with Crippen molar-refractivity contribution in [3.8, 4) is 11.5 Å². The SMILES string of the molecule is COc1cc(C2NC(=O)NC(C)=C2C(=O)OCC(C)C)ccc1OC(=O)c1cccc([N+](=O)[O-])c1. The van der Waals surface area contributed by atoms with Crippen molar-refractivity contribution in [1.82, 2.24) is 10.6 Å². The predicted octanol–water partition coefficient (Wildman–Crippen LogP) is 3.65. The van der Waals surface area contributed by atoms with E-state index in [1.54, 1.807) is 13.0 Å². The Balaban J connectivity index is 1.89. The smallest absolute Gasteiger partial charge is 0.343 e. The number of ether oxygens (including phenoxy) is 3. The van der Waals surface area contributed by atoms with Crippen molar-refractivity contribution in [2.75, 3.05) is 13.7 Å². The van der Waals surface area contributed by atoms with Crippen molar-refractivity contribution in [1.29, 1.82) is 0 Å². The number of amides is 2. The average molecular weight is 483 g/mol. The van der Waals surface area contributed by atoms with Crippen molar-refractivity contribution < 1.29 is 33.5 Å². The molecule has 11 heteroatoms. The highest BCUT2D eigenvalue weighted by Gasteiger charge is 2.33. The van der Waals surface area contributed by atoms with Gasteiger partial charge in [-0.3, -0.25) is 10.1 Å². The summed E-state index contributed by atoms with van der Waals surface area (Å²) in [4.78, 5) is 47.8. The zero-order valence-electron chi connectivity index (χ0n) is 19.6. The number of esters is 2. The van der Waals surface area contributed by atoms with Gasteiger partial charge in [0.2, 0.25) is 0 Å². The van der Waals surface area contributed by atoms with E-state index in [-0.39, 0.29) is 40.8 Å². The molecule has 11 nitrogen and oxygen atoms in total. The van der Waals surface area contributed by atoms with E-state index in [1.807, 2.05) is 13.8 Å². The van der Waals surface area contributed by atoms with Crippen LogP contribution < -0.4 is 20.1 Å². The Morgan fingerprint density at radius 2 is 1.86 bits per heavy atom. The zero-order valence-corrected chi connectivity index (χ0v) is 19.6. The summed E-state index contributed by atoms with van der Waals surface area (Å²) in [5.41, 5.74) is 0.816. The zero-order chi connectivity index (χ0) is 25.7. The van der Waals surface area contributed by atoms with Gasteiger partial charge in [-0.15, -0.1) is 0 Å². The number of carbonyl (C=O) groups is 3. The lowest BCUT2D eigenvalue weighted by atomic mass is 9.95. The van der Waals surface area contributed by atoms with Crippen LogP contribution >= 0.6 is 0 Å². The molecular weight excluding hydrogens is 458 g/mol. The van der Waals surface area contributed by atoms with Gasteiger partial charge in [0, 0.05) is 17.8 Å². The number of nitrogens with zero attached hydrogens (tertiary/aromatic N) is 1. The summed E-state index contributed by atoms with van der Waals surface area (Å²) in [5.74, 6) is -1.05. The number of carbonyl (C=O) groups excluding carboxylic acids is 3. The number of hydrogen-bond donors (Lipinski definition) is 2. The maximum absolute atomic E-state index is 12.8. The lowest BCUT2D eigenvalue weighted by Crippen LogP contribution is -2.45. The van der Waals surface area contributed by atoms with Crippen LogP contribution in [0.15, 0.2) is 53.7 Å². The Morgan fingerprint density at radius 3 is 2.51 bits per heavy atom. The summed E-state index contributed by atoms with van der Waals surface area (Å²) >= 11 is 0. The minimum atomic E-state index is -0.834. The quantitative estimate of drug-likeness (QED) is 0.250. The van der Waals surface area contributed by atoms with Crippen LogP contribution in [0.3, 0.4) is 0 Å². The summed E-state index contributed by atoms with van der Waals surface area (Å²) < 4.78 is 16.1. The highest BCUT2D eigenvalue weighted by atomic mass is 16.6. The molecule has 184 valence electrons. The fourth-order valence-electron chi connectivity index (χ4n) is 3.39. The molecule has 3 rings (SSSR count). The maximum atomic E-state index is 12.8. The Labute approximate surface area is 201 Å². The molecule has 1 unspecified atom stereocenters. The molecular formula is C24H25N3O8. The van der Waals surface area contributed by atoms with Crippen LogP contribution in [-0.4, -0.2) is 36.6 Å². The Bertz CT molecular complexity index is 1210. The second-order valence-corrected chi connectivity index (χ2v) is 8.17. The van der Waals surface area contributed by atoms with E-state index in [1.165, 1.54) is 37.4 Å². The first-order valence-corrected chi connectivity index (χ1v) is 10.7. The molecule has 1 aliphatic rings. The molecule has 1 aliphatic heterocycles. The predicted molar refractivity (Wildman–Crippen MR) is 124 cm³/mol. The first-order chi connectivity index (χ1) is 16.6. The molecule has 2 amide bonds. The largest absolute Gasteiger partial charge is 0.493 e. The van der Waals surface area contributed by atoms with Crippen LogP contribution in [0.5, 0.6) is 11.5 Å². The minimum Gasteiger partial charge on any atom is -0.493 e. The number of nitro groups is 1. The standard InChI is InChI=1S/C24H25N3O8/c1-13(2)12-34-23(29)20-14(3)25-24(30)26-21(20)15-8-9-18(19(11-15)33-4)35-22(28)16-6-5-7-17(10-16)27(31)32/h5-11,13,21H,12H2,1-4H3,(H2,25,26,30). The number of allylic oxidation sites excluding steroid dienone is 1. The Morgan fingerprint density at radius 1 is 1.11 bits per heavy atom. The number of urea groups is 1. The molecule has 0 radical (unpaired) electrons. The van der Waals surface area contributed by atoms with E-state index >= 15 is 0 Å². The molecule has 0 aromatic heterocycles. The van der Waals surface area contributed by atoms with E-state index in [9.17, 15) is 24.5 Å². The van der Waals surface area contributed by atoms with Crippen molar-refractivity contribution in [3.05, 3.63) is 75.0 Å². The summed E-state index contributed by atoms with van der Waals surface area (Å²) in [7, 11) is 1.36. The third-order valence-corrected chi connectivity index (χ3v) is 5.05. The number of nitro benzene ring substituents is 1. The molecule has 2 aromatic rings. The molecule has 2 aromatic carbocycles. The Kier molecular flexibility index (Phi) is 7.69. The number of nitrogens with one attached hydrogen (secondary N) is 2. The van der Waals surface area contributed by atoms with Gasteiger partial charge in [0.15, 0.2) is 11.5 Å². The molecule has 0 aliphatic carbocycles. The van der Waals surface area contributed by atoms with Gasteiger partial charge in [0.25, 0.3) is 5.69 Å². The molecule has 1 heterocycles. The summed E-state index contributed by atoms with van der Waals surface area (Å²) in [6.07, 6.45) is 0. The highest BCUT2D eigenvalue weighted by molar-refractivity contribution is 5.95. The number of benzene rings is 2. The molecule has 1 atom stereocenters. The normalized spacial score (nSPS) is 15.2. The summed E-state index contributed by atoms with van der Waals surface area (Å²) in [6, 6.07) is 8.35. The van der Waals surface area contributed by atoms with E-state index in [2.05, 4.69) is 10.6 Å². The number of hydrogen-bond acceptors (Lipinski definition) is 8. The van der Waals surface area contributed by atoms with Crippen LogP contribution in [0, 0.1) is 16.0 Å². The minimum absolute atomic E-state index is 0.00955. The fraction of sp³-hybridized carbons (Fsp3) is 0.292. The summed E-state index contributed by atoms with van der Waals surface area (Å²) in [5, 5.41) is 16.3. The Hall–Kier alpha value is -4.41. The van der Waals surface area contributed by atoms with Gasteiger partial charge in [-0.1, -0.05) is 26.0 Å². The van der Waals surface area contributed by atoms with Crippen LogP contribution in [-0.2, 0) is 9.53 Å². The van der Waals surface area contributed by atoms with Crippen molar-refractivity contribution in [2.45, 2.75) is 26.8 Å². The molecule has 0 saturated carbocycles. The molecule has 2 N–H and O–H groups in total. The highest BCUT2D eigenvalue weighted by Crippen LogP contribution is 2.35. The topological polar surface area (TPSA) is 146 Å². The average Bonchev–Trinajstić information content (AvgIpc) is 2.82. The summed E-state index contributed by atoms with van der Waals surface area (Å²) in [6.45, 7) is 5.63. The number of non-ortho nitro benzene ring substituents is 1. The van der Waals surface area contributed by atoms with E-state index in [0.717, 1.165) is 6.07 Å². The second-order valence-electron chi connectivity index (χ2n) is 8.17. The monoisotopic (exact) mass is 483 g/mol. The van der Waals surface area contributed by atoms with E-state index < -0.39 is 28.9 Å². The van der Waals surface area contributed by atoms with E-state index in [0.29, 0.717) is 11.3 Å². The van der Waals surface area contributed by atoms with Gasteiger partial charge < -0.3 is 24.8 Å². The molecule has 0 bridgehead atoms. The van der Waals surface area contributed by atoms with Crippen LogP contribution in [0.2, 0.25) is 0 Å². The molecule has 0 saturated heterocycles. The first kappa shape index (κ1) is 25.2. The van der Waals surface area contributed by atoms with Gasteiger partial charge in [0.05, 0.1) is 35.8 Å². The van der Waals surface area contributed by atoms with Gasteiger partial charge >= 0.3 is 18.0 Å². The molecule has 0 spiro atoms. The lowest BCUT2D eigenvalue weighted by Gasteiger charge is -2.28. The second kappa shape index (κ2) is 10.7. The third kappa shape index (κ3) is 5.94. The van der Waals surface area contributed by atoms with Crippen molar-refractivity contribution >= 4 is 23.7 Å². The molecule has 0 fully saturated rings. The van der Waals surface area contributed by atoms with E-state index in [4.69, 9.17) is 14.2 Å². The lowest BCUT2D eigenvalue weighted by molar-refractivity contribution is -0.384. The van der Waals surface area contributed by atoms with Crippen LogP contribution in [0.25, 0.3) is 0 Å².